The number of rotatable bonds is 7. The lowest BCUT2D eigenvalue weighted by Gasteiger charge is -2.29. The molecule has 9 rings (SSSR count). The predicted octanol–water partition coefficient (Wildman–Crippen LogP) is 13.7. The quantitative estimate of drug-likeness (QED) is 0.173. The zero-order valence-electron chi connectivity index (χ0n) is 27.4. The van der Waals surface area contributed by atoms with E-state index in [0.29, 0.717) is 0 Å². The van der Waals surface area contributed by atoms with Crippen molar-refractivity contribution in [1.29, 1.82) is 0 Å². The Hall–Kier alpha value is -6.64. The van der Waals surface area contributed by atoms with Crippen LogP contribution in [0.4, 0.5) is 17.1 Å². The maximum atomic E-state index is 6.43. The monoisotopic (exact) mass is 639 g/mol. The highest BCUT2D eigenvalue weighted by molar-refractivity contribution is 6.06. The number of benzene rings is 8. The van der Waals surface area contributed by atoms with E-state index in [-0.39, 0.29) is 0 Å². The molecule has 0 saturated heterocycles. The first-order valence-corrected chi connectivity index (χ1v) is 17.0. The summed E-state index contributed by atoms with van der Waals surface area (Å²) in [7, 11) is 0. The van der Waals surface area contributed by atoms with Crippen LogP contribution in [0.5, 0.6) is 0 Å². The fraction of sp³-hybridized carbons (Fsp3) is 0. The largest absolute Gasteiger partial charge is 0.456 e. The van der Waals surface area contributed by atoms with Crippen LogP contribution in [0, 0.1) is 0 Å². The summed E-state index contributed by atoms with van der Waals surface area (Å²) in [6.45, 7) is 0. The molecule has 0 radical (unpaired) electrons. The first kappa shape index (κ1) is 29.5. The maximum absolute atomic E-state index is 6.43. The zero-order chi connectivity index (χ0) is 33.3. The minimum Gasteiger partial charge on any atom is -0.456 e. The summed E-state index contributed by atoms with van der Waals surface area (Å²) in [5, 5.41) is 2.23. The summed E-state index contributed by atoms with van der Waals surface area (Å²) < 4.78 is 6.43. The highest BCUT2D eigenvalue weighted by Crippen LogP contribution is 2.46. The summed E-state index contributed by atoms with van der Waals surface area (Å²) in [5.74, 6) is 0. The van der Waals surface area contributed by atoms with Gasteiger partial charge in [0.15, 0.2) is 0 Å². The normalized spacial score (nSPS) is 11.2. The minimum absolute atomic E-state index is 0.864. The fourth-order valence-electron chi connectivity index (χ4n) is 7.17. The average Bonchev–Trinajstić information content (AvgIpc) is 3.57. The van der Waals surface area contributed by atoms with Gasteiger partial charge in [-0.1, -0.05) is 158 Å². The van der Waals surface area contributed by atoms with Gasteiger partial charge in [-0.25, -0.2) is 0 Å². The van der Waals surface area contributed by atoms with Crippen molar-refractivity contribution in [3.8, 4) is 44.5 Å². The molecule has 0 spiro atoms. The number of furan rings is 1. The third-order valence-electron chi connectivity index (χ3n) is 9.50. The van der Waals surface area contributed by atoms with Crippen LogP contribution < -0.4 is 4.90 Å². The molecule has 0 aliphatic heterocycles. The molecule has 0 amide bonds. The molecule has 50 heavy (non-hydrogen) atoms. The van der Waals surface area contributed by atoms with Gasteiger partial charge in [-0.2, -0.15) is 0 Å². The second kappa shape index (κ2) is 12.8. The number of hydrogen-bond acceptors (Lipinski definition) is 2. The maximum Gasteiger partial charge on any atom is 0.137 e. The van der Waals surface area contributed by atoms with Gasteiger partial charge >= 0.3 is 0 Å². The van der Waals surface area contributed by atoms with Gasteiger partial charge in [-0.05, 0) is 75.3 Å². The van der Waals surface area contributed by atoms with Gasteiger partial charge in [0.1, 0.15) is 11.2 Å². The van der Waals surface area contributed by atoms with Crippen LogP contribution in [0.15, 0.2) is 205 Å². The number of fused-ring (bicyclic) bond motifs is 3. The van der Waals surface area contributed by atoms with E-state index in [9.17, 15) is 0 Å². The van der Waals surface area contributed by atoms with Crippen LogP contribution in [-0.4, -0.2) is 0 Å². The van der Waals surface area contributed by atoms with Gasteiger partial charge in [0, 0.05) is 33.8 Å². The summed E-state index contributed by atoms with van der Waals surface area (Å²) in [6.07, 6.45) is 0. The molecule has 0 unspecified atom stereocenters. The summed E-state index contributed by atoms with van der Waals surface area (Å²) >= 11 is 0. The fourth-order valence-corrected chi connectivity index (χ4v) is 7.17. The summed E-state index contributed by atoms with van der Waals surface area (Å²) in [6, 6.07) is 71.1. The van der Waals surface area contributed by atoms with E-state index < -0.39 is 0 Å². The molecule has 1 heterocycles. The van der Waals surface area contributed by atoms with Crippen LogP contribution in [0.25, 0.3) is 66.4 Å². The highest BCUT2D eigenvalue weighted by atomic mass is 16.3. The Bertz CT molecular complexity index is 2600. The van der Waals surface area contributed by atoms with Gasteiger partial charge in [0.2, 0.25) is 0 Å². The minimum atomic E-state index is 0.864. The SMILES string of the molecule is c1ccc(-c2cccc(N(c3ccc4c(c3)oc3ccccc34)c3ccccc3-c3ccccc3-c3ccccc3-c3ccccc3)c2)cc1. The van der Waals surface area contributed by atoms with Gasteiger partial charge in [0.25, 0.3) is 0 Å². The summed E-state index contributed by atoms with van der Waals surface area (Å²) in [4.78, 5) is 2.37. The third kappa shape index (κ3) is 5.34. The van der Waals surface area contributed by atoms with Crippen LogP contribution in [0.1, 0.15) is 0 Å². The van der Waals surface area contributed by atoms with E-state index in [1.165, 1.54) is 33.4 Å². The second-order valence-electron chi connectivity index (χ2n) is 12.5. The molecular formula is C48H33NO. The van der Waals surface area contributed by atoms with Crippen LogP contribution in [-0.2, 0) is 0 Å². The van der Waals surface area contributed by atoms with Crippen molar-refractivity contribution < 1.29 is 4.42 Å². The predicted molar refractivity (Wildman–Crippen MR) is 210 cm³/mol. The van der Waals surface area contributed by atoms with Crippen molar-refractivity contribution in [2.24, 2.45) is 0 Å². The van der Waals surface area contributed by atoms with Gasteiger partial charge in [0.05, 0.1) is 5.69 Å². The molecule has 0 N–H and O–H groups in total. The Morgan fingerprint density at radius 1 is 0.300 bits per heavy atom. The van der Waals surface area contributed by atoms with Crippen molar-refractivity contribution in [2.45, 2.75) is 0 Å². The summed E-state index contributed by atoms with van der Waals surface area (Å²) in [5.41, 5.74) is 14.4. The second-order valence-corrected chi connectivity index (χ2v) is 12.5. The molecule has 2 heteroatoms. The van der Waals surface area contributed by atoms with Crippen molar-refractivity contribution >= 4 is 39.0 Å². The Morgan fingerprint density at radius 3 is 1.58 bits per heavy atom. The lowest BCUT2D eigenvalue weighted by molar-refractivity contribution is 0.669. The van der Waals surface area contributed by atoms with Crippen LogP contribution in [0.2, 0.25) is 0 Å². The Morgan fingerprint density at radius 2 is 0.820 bits per heavy atom. The number of hydrogen-bond donors (Lipinski definition) is 0. The number of nitrogens with zero attached hydrogens (tertiary/aromatic N) is 1. The highest BCUT2D eigenvalue weighted by Gasteiger charge is 2.21. The molecule has 9 aromatic rings. The zero-order valence-corrected chi connectivity index (χ0v) is 27.4. The van der Waals surface area contributed by atoms with E-state index in [1.54, 1.807) is 0 Å². The average molecular weight is 640 g/mol. The van der Waals surface area contributed by atoms with E-state index in [0.717, 1.165) is 50.1 Å². The lowest BCUT2D eigenvalue weighted by atomic mass is 9.88. The standard InChI is InChI=1S/C48H33NO/c1-3-16-34(17-4-1)36-20-15-21-37(32-36)49(38-30-31-45-44-27-12-14-29-47(44)50-48(45)33-38)46-28-13-11-26-43(46)42-25-10-9-24-41(42)40-23-8-7-22-39(40)35-18-5-2-6-19-35/h1-33H. The van der Waals surface area contributed by atoms with Crippen molar-refractivity contribution in [2.75, 3.05) is 4.90 Å². The van der Waals surface area contributed by atoms with Gasteiger partial charge in [-0.15, -0.1) is 0 Å². The third-order valence-corrected chi connectivity index (χ3v) is 9.50. The molecule has 0 bridgehead atoms. The molecule has 2 nitrogen and oxygen atoms in total. The Kier molecular flexibility index (Phi) is 7.53. The molecular weight excluding hydrogens is 607 g/mol. The lowest BCUT2D eigenvalue weighted by Crippen LogP contribution is -2.11. The molecule has 0 fully saturated rings. The number of anilines is 3. The first-order chi connectivity index (χ1) is 24.8. The smallest absolute Gasteiger partial charge is 0.137 e. The van der Waals surface area contributed by atoms with E-state index in [1.807, 2.05) is 12.1 Å². The van der Waals surface area contributed by atoms with Crippen molar-refractivity contribution in [1.82, 2.24) is 0 Å². The van der Waals surface area contributed by atoms with E-state index in [2.05, 4.69) is 193 Å². The molecule has 0 saturated carbocycles. The number of para-hydroxylation sites is 2. The molecule has 0 aliphatic rings. The van der Waals surface area contributed by atoms with Crippen LogP contribution in [0.3, 0.4) is 0 Å². The molecule has 8 aromatic carbocycles. The topological polar surface area (TPSA) is 16.4 Å². The van der Waals surface area contributed by atoms with E-state index >= 15 is 0 Å². The molecule has 0 aliphatic carbocycles. The van der Waals surface area contributed by atoms with Crippen LogP contribution >= 0.6 is 0 Å². The van der Waals surface area contributed by atoms with Crippen molar-refractivity contribution in [3.63, 3.8) is 0 Å². The van der Waals surface area contributed by atoms with Crippen molar-refractivity contribution in [3.05, 3.63) is 200 Å². The van der Waals surface area contributed by atoms with Gasteiger partial charge < -0.3 is 9.32 Å². The molecule has 236 valence electrons. The molecule has 0 atom stereocenters. The Labute approximate surface area is 292 Å². The Balaban J connectivity index is 1.27. The molecule has 1 aromatic heterocycles. The van der Waals surface area contributed by atoms with E-state index in [4.69, 9.17) is 4.42 Å². The van der Waals surface area contributed by atoms with Gasteiger partial charge in [-0.3, -0.25) is 0 Å². The first-order valence-electron chi connectivity index (χ1n) is 17.0.